The first-order valence-corrected chi connectivity index (χ1v) is 4.39. The lowest BCUT2D eigenvalue weighted by Crippen LogP contribution is -2.19. The van der Waals surface area contributed by atoms with Crippen LogP contribution in [-0.4, -0.2) is 24.3 Å². The number of halogens is 5. The molecule has 0 saturated heterocycles. The highest BCUT2D eigenvalue weighted by atomic mass is 19.3. The molecule has 0 N–H and O–H groups in total. The minimum Gasteiger partial charge on any atom is -0.336 e. The third-order valence-corrected chi connectivity index (χ3v) is 2.19. The maximum absolute atomic E-state index is 12.8. The van der Waals surface area contributed by atoms with E-state index in [1.54, 1.807) is 0 Å². The Labute approximate surface area is 78.2 Å². The molecule has 0 aromatic heterocycles. The molecule has 1 aliphatic carbocycles. The van der Waals surface area contributed by atoms with E-state index < -0.39 is 24.3 Å². The molecule has 0 aromatic rings. The van der Waals surface area contributed by atoms with E-state index in [0.29, 0.717) is 12.8 Å². The van der Waals surface area contributed by atoms with Crippen LogP contribution in [-0.2, 0) is 4.74 Å². The van der Waals surface area contributed by atoms with Gasteiger partial charge >= 0.3 is 17.7 Å². The Hall–Kier alpha value is -0.390. The topological polar surface area (TPSA) is 9.23 Å². The van der Waals surface area contributed by atoms with Gasteiger partial charge in [-0.3, -0.25) is 0 Å². The number of hydrogen-bond acceptors (Lipinski definition) is 1. The summed E-state index contributed by atoms with van der Waals surface area (Å²) in [6.07, 6.45) is 1.71. The summed E-state index contributed by atoms with van der Waals surface area (Å²) in [5, 5.41) is 0. The molecule has 0 spiro atoms. The van der Waals surface area contributed by atoms with Crippen molar-refractivity contribution < 1.29 is 26.7 Å². The molecule has 0 aliphatic heterocycles. The van der Waals surface area contributed by atoms with Crippen molar-refractivity contribution in [2.24, 2.45) is 0 Å². The lowest BCUT2D eigenvalue weighted by molar-refractivity contribution is -0.148. The van der Waals surface area contributed by atoms with E-state index in [0.717, 1.165) is 6.42 Å². The summed E-state index contributed by atoms with van der Waals surface area (Å²) in [4.78, 5) is 0. The first kappa shape index (κ1) is 11.7. The Bertz CT molecular complexity index is 202. The lowest BCUT2D eigenvalue weighted by atomic mass is 10.3. The van der Waals surface area contributed by atoms with Crippen LogP contribution < -0.4 is 0 Å². The predicted molar refractivity (Wildman–Crippen MR) is 39.2 cm³/mol. The molecule has 1 fully saturated rings. The van der Waals surface area contributed by atoms with Crippen LogP contribution in [0.4, 0.5) is 22.0 Å². The van der Waals surface area contributed by atoms with Crippen molar-refractivity contribution in [3.05, 3.63) is 0 Å². The van der Waals surface area contributed by atoms with Gasteiger partial charge in [0.25, 0.3) is 0 Å². The van der Waals surface area contributed by atoms with Gasteiger partial charge in [0, 0.05) is 0 Å². The van der Waals surface area contributed by atoms with Crippen molar-refractivity contribution in [2.75, 3.05) is 6.61 Å². The van der Waals surface area contributed by atoms with Crippen LogP contribution in [0.2, 0.25) is 0 Å². The van der Waals surface area contributed by atoms with Gasteiger partial charge in [-0.25, -0.2) is 0 Å². The van der Waals surface area contributed by atoms with E-state index in [9.17, 15) is 22.0 Å². The van der Waals surface area contributed by atoms with Crippen molar-refractivity contribution in [1.29, 1.82) is 0 Å². The van der Waals surface area contributed by atoms with Crippen LogP contribution >= 0.6 is 0 Å². The summed E-state index contributed by atoms with van der Waals surface area (Å²) in [6.45, 7) is 1.43. The average molecular weight is 218 g/mol. The van der Waals surface area contributed by atoms with Gasteiger partial charge in [0.15, 0.2) is 0 Å². The molecule has 1 nitrogen and oxygen atoms in total. The summed E-state index contributed by atoms with van der Waals surface area (Å²) in [6, 6.07) is 0. The van der Waals surface area contributed by atoms with Crippen LogP contribution in [0.1, 0.15) is 26.2 Å². The second-order valence-electron chi connectivity index (χ2n) is 3.30. The van der Waals surface area contributed by atoms with Gasteiger partial charge in [-0.1, -0.05) is 19.8 Å². The molecule has 14 heavy (non-hydrogen) atoms. The highest BCUT2D eigenvalue weighted by Crippen LogP contribution is 2.68. The number of rotatable bonds is 5. The molecule has 0 radical (unpaired) electrons. The Morgan fingerprint density at radius 3 is 1.79 bits per heavy atom. The Morgan fingerprint density at radius 2 is 1.43 bits per heavy atom. The highest BCUT2D eigenvalue weighted by molar-refractivity contribution is 5.23. The summed E-state index contributed by atoms with van der Waals surface area (Å²) < 4.78 is 65.5. The number of hydrogen-bond donors (Lipinski definition) is 0. The highest BCUT2D eigenvalue weighted by Gasteiger charge is 3.01. The quantitative estimate of drug-likeness (QED) is 0.508. The molecule has 0 aromatic carbocycles. The third-order valence-electron chi connectivity index (χ3n) is 2.19. The maximum atomic E-state index is 12.8. The molecule has 0 unspecified atom stereocenters. The fourth-order valence-corrected chi connectivity index (χ4v) is 1.11. The van der Waals surface area contributed by atoms with Crippen LogP contribution in [0.15, 0.2) is 0 Å². The van der Waals surface area contributed by atoms with Gasteiger partial charge in [-0.05, 0) is 6.42 Å². The van der Waals surface area contributed by atoms with Gasteiger partial charge in [-0.15, -0.1) is 0 Å². The average Bonchev–Trinajstić information content (AvgIpc) is 2.39. The Morgan fingerprint density at radius 1 is 0.929 bits per heavy atom. The van der Waals surface area contributed by atoms with Crippen LogP contribution in [0.5, 0.6) is 0 Å². The number of unbranched alkanes of at least 4 members (excludes halogenated alkanes) is 2. The van der Waals surface area contributed by atoms with Crippen molar-refractivity contribution in [3.8, 4) is 0 Å². The molecule has 6 heteroatoms. The minimum absolute atomic E-state index is 0.300. The van der Waals surface area contributed by atoms with E-state index in [1.807, 2.05) is 6.92 Å². The normalized spacial score (nSPS) is 26.1. The van der Waals surface area contributed by atoms with E-state index in [-0.39, 0.29) is 0 Å². The molecular weight excluding hydrogens is 207 g/mol. The predicted octanol–water partition coefficient (Wildman–Crippen LogP) is 3.14. The molecule has 1 aliphatic rings. The van der Waals surface area contributed by atoms with Gasteiger partial charge in [0.2, 0.25) is 0 Å². The van der Waals surface area contributed by atoms with Crippen LogP contribution in [0.3, 0.4) is 0 Å². The van der Waals surface area contributed by atoms with E-state index in [4.69, 9.17) is 0 Å². The molecule has 1 rings (SSSR count). The summed E-state index contributed by atoms with van der Waals surface area (Å²) in [5.74, 6) is -13.4. The molecule has 0 heterocycles. The van der Waals surface area contributed by atoms with Crippen LogP contribution in [0.25, 0.3) is 0 Å². The first-order chi connectivity index (χ1) is 6.31. The fourth-order valence-electron chi connectivity index (χ4n) is 1.11. The number of alkyl halides is 5. The molecule has 84 valence electrons. The van der Waals surface area contributed by atoms with Crippen molar-refractivity contribution in [3.63, 3.8) is 0 Å². The summed E-state index contributed by atoms with van der Waals surface area (Å²) in [7, 11) is 0. The molecular formula is C8H11F5O. The zero-order valence-electron chi connectivity index (χ0n) is 7.63. The second kappa shape index (κ2) is 3.32. The monoisotopic (exact) mass is 218 g/mol. The SMILES string of the molecule is CCCCCOC1(F)C(F)(F)C1(F)F. The number of ether oxygens (including phenoxy) is 1. The maximum Gasteiger partial charge on any atom is 0.380 e. The summed E-state index contributed by atoms with van der Waals surface area (Å²) >= 11 is 0. The van der Waals surface area contributed by atoms with E-state index in [1.165, 1.54) is 0 Å². The standard InChI is InChI=1S/C8H11F5O/c1-2-3-4-5-14-8(13)6(9,10)7(8,11)12/h2-5H2,1H3. The van der Waals surface area contributed by atoms with Gasteiger partial charge in [0.05, 0.1) is 6.61 Å². The Kier molecular flexibility index (Phi) is 2.77. The van der Waals surface area contributed by atoms with E-state index in [2.05, 4.69) is 4.74 Å². The third kappa shape index (κ3) is 1.31. The minimum atomic E-state index is -4.67. The summed E-state index contributed by atoms with van der Waals surface area (Å²) in [5.41, 5.74) is 0. The van der Waals surface area contributed by atoms with Crippen molar-refractivity contribution in [2.45, 2.75) is 43.9 Å². The molecule has 0 bridgehead atoms. The largest absolute Gasteiger partial charge is 0.380 e. The van der Waals surface area contributed by atoms with Gasteiger partial charge < -0.3 is 4.74 Å². The van der Waals surface area contributed by atoms with Crippen molar-refractivity contribution >= 4 is 0 Å². The van der Waals surface area contributed by atoms with E-state index >= 15 is 0 Å². The second-order valence-corrected chi connectivity index (χ2v) is 3.30. The Balaban J connectivity index is 2.39. The lowest BCUT2D eigenvalue weighted by Gasteiger charge is -2.06. The molecule has 0 atom stereocenters. The fraction of sp³-hybridized carbons (Fsp3) is 1.00. The molecule has 0 amide bonds. The smallest absolute Gasteiger partial charge is 0.336 e. The first-order valence-electron chi connectivity index (χ1n) is 4.39. The van der Waals surface area contributed by atoms with Crippen LogP contribution in [0, 0.1) is 0 Å². The zero-order valence-corrected chi connectivity index (χ0v) is 7.63. The zero-order chi connectivity index (χ0) is 11.0. The van der Waals surface area contributed by atoms with Gasteiger partial charge in [-0.2, -0.15) is 22.0 Å². The van der Waals surface area contributed by atoms with Crippen molar-refractivity contribution in [1.82, 2.24) is 0 Å². The van der Waals surface area contributed by atoms with Gasteiger partial charge in [0.1, 0.15) is 0 Å². The molecule has 1 saturated carbocycles.